The fraction of sp³-hybridized carbons (Fsp3) is 0.205. The zero-order valence-electron chi connectivity index (χ0n) is 28.6. The lowest BCUT2D eigenvalue weighted by atomic mass is 10.0. The van der Waals surface area contributed by atoms with Crippen molar-refractivity contribution in [2.75, 3.05) is 39.8 Å². The maximum Gasteiger partial charge on any atom is 0.354 e. The van der Waals surface area contributed by atoms with E-state index in [1.165, 1.54) is 4.90 Å². The first-order valence-electron chi connectivity index (χ1n) is 16.1. The van der Waals surface area contributed by atoms with Crippen LogP contribution in [0.3, 0.4) is 0 Å². The van der Waals surface area contributed by atoms with Gasteiger partial charge in [-0.05, 0) is 78.2 Å². The van der Waals surface area contributed by atoms with E-state index in [1.807, 2.05) is 72.9 Å². The van der Waals surface area contributed by atoms with Crippen molar-refractivity contribution in [3.05, 3.63) is 120 Å². The Morgan fingerprint density at radius 1 is 0.760 bits per heavy atom. The van der Waals surface area contributed by atoms with E-state index in [9.17, 15) is 9.59 Å². The van der Waals surface area contributed by atoms with Crippen molar-refractivity contribution in [3.8, 4) is 33.9 Å². The van der Waals surface area contributed by atoms with Crippen molar-refractivity contribution in [2.45, 2.75) is 20.0 Å². The molecule has 1 amide bonds. The molecule has 0 atom stereocenters. The Morgan fingerprint density at radius 3 is 1.98 bits per heavy atom. The Bertz CT molecular complexity index is 2060. The molecular formula is C39H38N6O5. The molecule has 4 heterocycles. The average molecular weight is 671 g/mol. The highest BCUT2D eigenvalue weighted by Crippen LogP contribution is 2.36. The largest absolute Gasteiger partial charge is 0.497 e. The van der Waals surface area contributed by atoms with Crippen LogP contribution in [0, 0.1) is 0 Å². The van der Waals surface area contributed by atoms with Gasteiger partial charge in [-0.3, -0.25) is 9.78 Å². The lowest BCUT2D eigenvalue weighted by molar-refractivity contribution is 0.0520. The molecule has 6 rings (SSSR count). The summed E-state index contributed by atoms with van der Waals surface area (Å²) in [6.07, 6.45) is 5.10. The number of benzene rings is 2. The van der Waals surface area contributed by atoms with Gasteiger partial charge in [-0.2, -0.15) is 0 Å². The number of nitrogens with one attached hydrogen (secondary N) is 1. The fourth-order valence-electron chi connectivity index (χ4n) is 5.69. The SMILES string of the molecule is CCOC(=O)c1cc2c(-c3cnc(N(Cc4ccc(OC)cc4)Cc4ccc(OC)cc4)c(-c4ccc(C(=O)N(C)C)cn4)c3)ccnc2[nH]1. The summed E-state index contributed by atoms with van der Waals surface area (Å²) in [5.41, 5.74) is 6.52. The van der Waals surface area contributed by atoms with Crippen LogP contribution >= 0.6 is 0 Å². The number of ether oxygens (including phenoxy) is 3. The highest BCUT2D eigenvalue weighted by Gasteiger charge is 2.21. The number of fused-ring (bicyclic) bond motifs is 1. The zero-order valence-corrected chi connectivity index (χ0v) is 28.6. The third-order valence-electron chi connectivity index (χ3n) is 8.26. The Morgan fingerprint density at radius 2 is 1.42 bits per heavy atom. The number of aromatic nitrogens is 4. The van der Waals surface area contributed by atoms with Gasteiger partial charge < -0.3 is 29.0 Å². The highest BCUT2D eigenvalue weighted by molar-refractivity contribution is 6.00. The molecular weight excluding hydrogens is 632 g/mol. The van der Waals surface area contributed by atoms with Crippen molar-refractivity contribution in [3.63, 3.8) is 0 Å². The van der Waals surface area contributed by atoms with E-state index in [0.717, 1.165) is 44.7 Å². The molecule has 1 N–H and O–H groups in total. The summed E-state index contributed by atoms with van der Waals surface area (Å²) in [6.45, 7) is 3.10. The topological polar surface area (TPSA) is 123 Å². The molecule has 0 bridgehead atoms. The van der Waals surface area contributed by atoms with Crippen LogP contribution in [0.5, 0.6) is 11.5 Å². The van der Waals surface area contributed by atoms with Crippen LogP contribution < -0.4 is 14.4 Å². The van der Waals surface area contributed by atoms with Gasteiger partial charge in [0.1, 0.15) is 28.7 Å². The smallest absolute Gasteiger partial charge is 0.354 e. The van der Waals surface area contributed by atoms with Gasteiger partial charge in [-0.15, -0.1) is 0 Å². The van der Waals surface area contributed by atoms with Crippen LogP contribution in [-0.2, 0) is 17.8 Å². The van der Waals surface area contributed by atoms with Crippen molar-refractivity contribution in [2.24, 2.45) is 0 Å². The monoisotopic (exact) mass is 670 g/mol. The predicted molar refractivity (Wildman–Crippen MR) is 192 cm³/mol. The molecule has 0 unspecified atom stereocenters. The minimum atomic E-state index is -0.449. The number of amides is 1. The van der Waals surface area contributed by atoms with E-state index >= 15 is 0 Å². The number of aromatic amines is 1. The molecule has 0 aliphatic carbocycles. The van der Waals surface area contributed by atoms with Gasteiger partial charge in [0.25, 0.3) is 5.91 Å². The van der Waals surface area contributed by atoms with E-state index in [4.69, 9.17) is 24.2 Å². The first kappa shape index (κ1) is 33.7. The highest BCUT2D eigenvalue weighted by atomic mass is 16.5. The number of hydrogen-bond donors (Lipinski definition) is 1. The van der Waals surface area contributed by atoms with Gasteiger partial charge in [0.15, 0.2) is 0 Å². The lowest BCUT2D eigenvalue weighted by Gasteiger charge is -2.27. The molecule has 4 aromatic heterocycles. The molecule has 50 heavy (non-hydrogen) atoms. The fourth-order valence-corrected chi connectivity index (χ4v) is 5.69. The van der Waals surface area contributed by atoms with E-state index in [2.05, 4.69) is 14.9 Å². The third kappa shape index (κ3) is 7.26. The minimum absolute atomic E-state index is 0.138. The number of carbonyl (C=O) groups is 2. The Hall–Kier alpha value is -6.23. The molecule has 0 saturated carbocycles. The summed E-state index contributed by atoms with van der Waals surface area (Å²) in [7, 11) is 6.72. The number of carbonyl (C=O) groups excluding carboxylic acids is 2. The molecule has 0 spiro atoms. The second-order valence-electron chi connectivity index (χ2n) is 11.8. The third-order valence-corrected chi connectivity index (χ3v) is 8.26. The average Bonchev–Trinajstić information content (AvgIpc) is 3.60. The second-order valence-corrected chi connectivity index (χ2v) is 11.8. The molecule has 0 aliphatic rings. The van der Waals surface area contributed by atoms with Crippen LogP contribution in [0.1, 0.15) is 38.9 Å². The van der Waals surface area contributed by atoms with Crippen molar-refractivity contribution < 1.29 is 23.8 Å². The normalized spacial score (nSPS) is 10.9. The summed E-state index contributed by atoms with van der Waals surface area (Å²) in [6, 6.07) is 25.2. The quantitative estimate of drug-likeness (QED) is 0.140. The van der Waals surface area contributed by atoms with Gasteiger partial charge >= 0.3 is 5.97 Å². The molecule has 2 aromatic carbocycles. The van der Waals surface area contributed by atoms with Crippen molar-refractivity contribution in [1.29, 1.82) is 0 Å². The number of rotatable bonds is 12. The number of nitrogens with zero attached hydrogens (tertiary/aromatic N) is 5. The first-order valence-corrected chi connectivity index (χ1v) is 16.1. The van der Waals surface area contributed by atoms with Crippen LogP contribution in [0.4, 0.5) is 5.82 Å². The zero-order chi connectivity index (χ0) is 35.2. The number of H-pyrrole nitrogens is 1. The Kier molecular flexibility index (Phi) is 10.0. The molecule has 11 heteroatoms. The van der Waals surface area contributed by atoms with Gasteiger partial charge in [-0.25, -0.2) is 14.8 Å². The van der Waals surface area contributed by atoms with Crippen LogP contribution in [-0.4, -0.2) is 71.6 Å². The Balaban J connectivity index is 1.50. The summed E-state index contributed by atoms with van der Waals surface area (Å²) < 4.78 is 16.0. The number of methoxy groups -OCH3 is 2. The van der Waals surface area contributed by atoms with Gasteiger partial charge in [0.2, 0.25) is 0 Å². The van der Waals surface area contributed by atoms with E-state index < -0.39 is 5.97 Å². The Labute approximate surface area is 290 Å². The van der Waals surface area contributed by atoms with Crippen LogP contribution in [0.25, 0.3) is 33.4 Å². The number of pyridine rings is 3. The summed E-state index contributed by atoms with van der Waals surface area (Å²) in [5, 5.41) is 0.754. The number of anilines is 1. The van der Waals surface area contributed by atoms with E-state index in [0.29, 0.717) is 41.5 Å². The minimum Gasteiger partial charge on any atom is -0.497 e. The summed E-state index contributed by atoms with van der Waals surface area (Å²) >= 11 is 0. The molecule has 254 valence electrons. The standard InChI is InChI=1S/C39H38N6O5/c1-6-50-39(47)35-20-32-31(17-18-40-36(32)43-35)28-19-33(34-16-11-27(21-41-34)38(46)44(2)3)37(42-22-28)45(23-25-7-12-29(48-4)13-8-25)24-26-9-14-30(49-5)15-10-26/h7-22H,6,23-24H2,1-5H3,(H,40,43). The number of esters is 1. The molecule has 0 saturated heterocycles. The second kappa shape index (κ2) is 14.9. The van der Waals surface area contributed by atoms with Crippen LogP contribution in [0.15, 0.2) is 97.5 Å². The first-order chi connectivity index (χ1) is 24.3. The maximum atomic E-state index is 12.7. The van der Waals surface area contributed by atoms with Gasteiger partial charge in [-0.1, -0.05) is 24.3 Å². The summed E-state index contributed by atoms with van der Waals surface area (Å²) in [4.78, 5) is 46.4. The molecule has 11 nitrogen and oxygen atoms in total. The van der Waals surface area contributed by atoms with E-state index in [1.54, 1.807) is 59.8 Å². The molecule has 0 aliphatic heterocycles. The van der Waals surface area contributed by atoms with Crippen LogP contribution in [0.2, 0.25) is 0 Å². The molecule has 6 aromatic rings. The molecule has 0 radical (unpaired) electrons. The van der Waals surface area contributed by atoms with E-state index in [-0.39, 0.29) is 12.5 Å². The predicted octanol–water partition coefficient (Wildman–Crippen LogP) is 6.79. The van der Waals surface area contributed by atoms with Gasteiger partial charge in [0.05, 0.1) is 32.1 Å². The van der Waals surface area contributed by atoms with Crippen molar-refractivity contribution in [1.82, 2.24) is 24.8 Å². The maximum absolute atomic E-state index is 12.7. The number of hydrogen-bond acceptors (Lipinski definition) is 9. The van der Waals surface area contributed by atoms with Crippen molar-refractivity contribution >= 4 is 28.7 Å². The lowest BCUT2D eigenvalue weighted by Crippen LogP contribution is -2.24. The summed E-state index contributed by atoms with van der Waals surface area (Å²) in [5.74, 6) is 1.66. The molecule has 0 fully saturated rings. The van der Waals surface area contributed by atoms with Gasteiger partial charge in [0, 0.05) is 62.3 Å².